The molecule has 3 aromatic carbocycles. The summed E-state index contributed by atoms with van der Waals surface area (Å²) in [4.78, 5) is -0.111. The number of hydrogen-bond acceptors (Lipinski definition) is 2. The van der Waals surface area contributed by atoms with Gasteiger partial charge in [-0.1, -0.05) is 91.5 Å². The Labute approximate surface area is 199 Å². The summed E-state index contributed by atoms with van der Waals surface area (Å²) in [5.74, 6) is 0. The number of rotatable bonds is 3. The molecule has 0 atom stereocenters. The van der Waals surface area contributed by atoms with Gasteiger partial charge in [0.05, 0.1) is 0 Å². The summed E-state index contributed by atoms with van der Waals surface area (Å²) in [6, 6.07) is 26.9. The maximum absolute atomic E-state index is 10.7. The van der Waals surface area contributed by atoms with Crippen molar-refractivity contribution in [1.82, 2.24) is 0 Å². The van der Waals surface area contributed by atoms with Crippen LogP contribution in [0.4, 0.5) is 0 Å². The molecule has 3 rings (SSSR count). The van der Waals surface area contributed by atoms with Crippen molar-refractivity contribution >= 4 is 75.3 Å². The average Bonchev–Trinajstić information content (AvgIpc) is 2.63. The van der Waals surface area contributed by atoms with Crippen LogP contribution in [-0.2, 0) is 10.1 Å². The molecule has 124 valence electrons. The molecule has 0 aliphatic carbocycles. The molecule has 0 amide bonds. The minimum atomic E-state index is -4.12. The second kappa shape index (κ2) is 12.7. The first-order valence-corrected chi connectivity index (χ1v) is 8.76. The predicted octanol–water partition coefficient (Wildman–Crippen LogP) is 4.17. The van der Waals surface area contributed by atoms with Gasteiger partial charge in [-0.05, 0) is 22.8 Å². The molecular formula is C20H18Na2O3S. The van der Waals surface area contributed by atoms with E-state index in [1.807, 2.05) is 12.1 Å². The van der Waals surface area contributed by atoms with Gasteiger partial charge in [0.1, 0.15) is 4.90 Å². The SMILES string of the molecule is C=Cc1ccccc1S(=O)(=O)O.[Na].[Na].c1ccc(-c2ccccc2)cc1. The van der Waals surface area contributed by atoms with Gasteiger partial charge in [0.25, 0.3) is 10.1 Å². The van der Waals surface area contributed by atoms with Crippen LogP contribution < -0.4 is 0 Å². The second-order valence-electron chi connectivity index (χ2n) is 4.95. The van der Waals surface area contributed by atoms with Crippen LogP contribution in [0.5, 0.6) is 0 Å². The van der Waals surface area contributed by atoms with Gasteiger partial charge in [-0.3, -0.25) is 4.55 Å². The Morgan fingerprint density at radius 2 is 1.08 bits per heavy atom. The Morgan fingerprint density at radius 1 is 0.692 bits per heavy atom. The van der Waals surface area contributed by atoms with E-state index in [4.69, 9.17) is 4.55 Å². The van der Waals surface area contributed by atoms with Gasteiger partial charge in [0.15, 0.2) is 0 Å². The van der Waals surface area contributed by atoms with E-state index in [-0.39, 0.29) is 64.0 Å². The molecule has 0 aromatic heterocycles. The van der Waals surface area contributed by atoms with E-state index in [0.717, 1.165) is 0 Å². The summed E-state index contributed by atoms with van der Waals surface area (Å²) in [6.45, 7) is 3.43. The smallest absolute Gasteiger partial charge is 0.282 e. The summed E-state index contributed by atoms with van der Waals surface area (Å²) in [5.41, 5.74) is 2.95. The molecule has 0 fully saturated rings. The third-order valence-electron chi connectivity index (χ3n) is 3.30. The molecule has 0 saturated heterocycles. The fourth-order valence-corrected chi connectivity index (χ4v) is 2.85. The van der Waals surface area contributed by atoms with E-state index in [9.17, 15) is 8.42 Å². The minimum Gasteiger partial charge on any atom is -0.282 e. The van der Waals surface area contributed by atoms with E-state index in [1.54, 1.807) is 12.1 Å². The third-order valence-corrected chi connectivity index (χ3v) is 4.23. The Morgan fingerprint density at radius 3 is 1.42 bits per heavy atom. The monoisotopic (exact) mass is 384 g/mol. The molecule has 0 unspecified atom stereocenters. The minimum absolute atomic E-state index is 0. The van der Waals surface area contributed by atoms with Crippen LogP contribution in [0.3, 0.4) is 0 Å². The fraction of sp³-hybridized carbons (Fsp3) is 0. The van der Waals surface area contributed by atoms with Gasteiger partial charge in [-0.2, -0.15) is 8.42 Å². The Hall–Kier alpha value is -0.690. The molecule has 26 heavy (non-hydrogen) atoms. The van der Waals surface area contributed by atoms with Crippen LogP contribution in [0.1, 0.15) is 5.56 Å². The largest absolute Gasteiger partial charge is 0.295 e. The standard InChI is InChI=1S/C12H10.C8H8O3S.2Na/c1-3-7-11(8-4-1)12-9-5-2-6-10-12;1-2-7-5-3-4-6-8(7)12(9,10)11;;/h1-10H;2-6H,1H2,(H,9,10,11);;. The van der Waals surface area contributed by atoms with Crippen molar-refractivity contribution in [2.75, 3.05) is 0 Å². The molecule has 0 saturated carbocycles. The summed E-state index contributed by atoms with van der Waals surface area (Å²) in [5, 5.41) is 0. The van der Waals surface area contributed by atoms with E-state index in [0.29, 0.717) is 5.56 Å². The maximum atomic E-state index is 10.7. The van der Waals surface area contributed by atoms with Crippen molar-refractivity contribution in [1.29, 1.82) is 0 Å². The van der Waals surface area contributed by atoms with Crippen molar-refractivity contribution < 1.29 is 13.0 Å². The zero-order valence-electron chi connectivity index (χ0n) is 15.0. The zero-order chi connectivity index (χ0) is 17.4. The van der Waals surface area contributed by atoms with Gasteiger partial charge in [-0.15, -0.1) is 0 Å². The molecule has 6 heteroatoms. The van der Waals surface area contributed by atoms with E-state index >= 15 is 0 Å². The van der Waals surface area contributed by atoms with Crippen LogP contribution in [0.2, 0.25) is 0 Å². The zero-order valence-corrected chi connectivity index (χ0v) is 19.9. The predicted molar refractivity (Wildman–Crippen MR) is 110 cm³/mol. The van der Waals surface area contributed by atoms with Crippen LogP contribution in [0, 0.1) is 0 Å². The average molecular weight is 384 g/mol. The molecule has 0 aliphatic heterocycles. The van der Waals surface area contributed by atoms with Crippen LogP contribution in [0.25, 0.3) is 17.2 Å². The second-order valence-corrected chi connectivity index (χ2v) is 6.34. The van der Waals surface area contributed by atoms with Gasteiger partial charge in [-0.25, -0.2) is 0 Å². The van der Waals surface area contributed by atoms with Crippen molar-refractivity contribution in [2.24, 2.45) is 0 Å². The van der Waals surface area contributed by atoms with Gasteiger partial charge >= 0.3 is 0 Å². The first-order chi connectivity index (χ1) is 11.5. The molecule has 0 heterocycles. The first kappa shape index (κ1) is 25.3. The molecule has 3 aromatic rings. The summed E-state index contributed by atoms with van der Waals surface area (Å²) in [7, 11) is -4.12. The topological polar surface area (TPSA) is 54.4 Å². The van der Waals surface area contributed by atoms with E-state index in [2.05, 4.69) is 55.1 Å². The summed E-state index contributed by atoms with van der Waals surface area (Å²) >= 11 is 0. The Balaban J connectivity index is 0.000000446. The van der Waals surface area contributed by atoms with Gasteiger partial charge in [0.2, 0.25) is 0 Å². The fourth-order valence-electron chi connectivity index (χ4n) is 2.15. The maximum Gasteiger partial charge on any atom is 0.295 e. The van der Waals surface area contributed by atoms with Crippen molar-refractivity contribution in [2.45, 2.75) is 4.90 Å². The molecule has 1 N–H and O–H groups in total. The van der Waals surface area contributed by atoms with Crippen molar-refractivity contribution in [3.63, 3.8) is 0 Å². The third kappa shape index (κ3) is 7.91. The summed E-state index contributed by atoms with van der Waals surface area (Å²) < 4.78 is 30.2. The number of hydrogen-bond donors (Lipinski definition) is 1. The van der Waals surface area contributed by atoms with Crippen LogP contribution in [0.15, 0.2) is 96.4 Å². The number of benzene rings is 3. The van der Waals surface area contributed by atoms with E-state index in [1.165, 1.54) is 29.3 Å². The molecule has 0 bridgehead atoms. The Kier molecular flexibility index (Phi) is 12.3. The van der Waals surface area contributed by atoms with Gasteiger partial charge in [0, 0.05) is 59.1 Å². The molecule has 3 nitrogen and oxygen atoms in total. The van der Waals surface area contributed by atoms with Crippen molar-refractivity contribution in [3.8, 4) is 11.1 Å². The van der Waals surface area contributed by atoms with E-state index < -0.39 is 10.1 Å². The van der Waals surface area contributed by atoms with Crippen LogP contribution in [-0.4, -0.2) is 72.1 Å². The normalized spacial score (nSPS) is 9.58. The molecule has 0 spiro atoms. The Bertz CT molecular complexity index is 859. The van der Waals surface area contributed by atoms with Crippen molar-refractivity contribution in [3.05, 3.63) is 97.1 Å². The van der Waals surface area contributed by atoms with Crippen LogP contribution >= 0.6 is 0 Å². The van der Waals surface area contributed by atoms with Gasteiger partial charge < -0.3 is 0 Å². The first-order valence-electron chi connectivity index (χ1n) is 7.32. The molecule has 0 aliphatic rings. The molecule has 2 radical (unpaired) electrons. The quantitative estimate of drug-likeness (QED) is 0.545. The molecular weight excluding hydrogens is 366 g/mol. The summed E-state index contributed by atoms with van der Waals surface area (Å²) in [6.07, 6.45) is 1.38.